The lowest BCUT2D eigenvalue weighted by Crippen LogP contribution is -2.01. The van der Waals surface area contributed by atoms with Gasteiger partial charge < -0.3 is 5.11 Å². The Balaban J connectivity index is 2.58. The molecule has 0 atom stereocenters. The van der Waals surface area contributed by atoms with Crippen molar-refractivity contribution in [1.82, 2.24) is 9.78 Å². The van der Waals surface area contributed by atoms with Crippen molar-refractivity contribution in [2.24, 2.45) is 0 Å². The number of aliphatic hydroxyl groups is 1. The van der Waals surface area contributed by atoms with Crippen LogP contribution in [0.15, 0.2) is 22.8 Å². The summed E-state index contributed by atoms with van der Waals surface area (Å²) in [6.45, 7) is 0.350. The van der Waals surface area contributed by atoms with Crippen LogP contribution in [0.1, 0.15) is 0 Å². The number of hydrogen-bond acceptors (Lipinski definition) is 4. The van der Waals surface area contributed by atoms with Gasteiger partial charge in [0.2, 0.25) is 0 Å². The average Bonchev–Trinajstić information content (AvgIpc) is 2.61. The molecule has 16 heavy (non-hydrogen) atoms. The van der Waals surface area contributed by atoms with E-state index < -0.39 is 4.92 Å². The molecule has 1 aromatic heterocycles. The van der Waals surface area contributed by atoms with E-state index in [0.29, 0.717) is 21.9 Å². The smallest absolute Gasteiger partial charge is 0.271 e. The van der Waals surface area contributed by atoms with Gasteiger partial charge >= 0.3 is 0 Å². The molecular formula is C9H8BrN3O3. The fraction of sp³-hybridized carbons (Fsp3) is 0.222. The summed E-state index contributed by atoms with van der Waals surface area (Å²) in [5, 5.41) is 24.3. The van der Waals surface area contributed by atoms with E-state index in [-0.39, 0.29) is 12.3 Å². The second-order valence-electron chi connectivity index (χ2n) is 3.24. The van der Waals surface area contributed by atoms with E-state index >= 15 is 0 Å². The average molecular weight is 286 g/mol. The number of nitro groups is 1. The lowest BCUT2D eigenvalue weighted by molar-refractivity contribution is -0.384. The summed E-state index contributed by atoms with van der Waals surface area (Å²) in [7, 11) is 0. The molecular weight excluding hydrogens is 278 g/mol. The third-order valence-electron chi connectivity index (χ3n) is 2.13. The number of nitro benzene ring substituents is 1. The van der Waals surface area contributed by atoms with E-state index in [1.54, 1.807) is 10.9 Å². The van der Waals surface area contributed by atoms with Crippen LogP contribution in [-0.4, -0.2) is 26.4 Å². The first-order valence-electron chi connectivity index (χ1n) is 4.54. The van der Waals surface area contributed by atoms with Crippen LogP contribution in [0, 0.1) is 10.1 Å². The topological polar surface area (TPSA) is 81.2 Å². The van der Waals surface area contributed by atoms with Gasteiger partial charge in [0.1, 0.15) is 5.52 Å². The maximum Gasteiger partial charge on any atom is 0.271 e. The van der Waals surface area contributed by atoms with Crippen molar-refractivity contribution in [3.05, 3.63) is 32.9 Å². The molecule has 0 amide bonds. The van der Waals surface area contributed by atoms with Crippen LogP contribution >= 0.6 is 15.9 Å². The van der Waals surface area contributed by atoms with Crippen molar-refractivity contribution in [3.63, 3.8) is 0 Å². The lowest BCUT2D eigenvalue weighted by Gasteiger charge is -1.94. The molecule has 6 nitrogen and oxygen atoms in total. The van der Waals surface area contributed by atoms with Crippen molar-refractivity contribution >= 4 is 32.5 Å². The van der Waals surface area contributed by atoms with Gasteiger partial charge in [0.15, 0.2) is 0 Å². The van der Waals surface area contributed by atoms with Gasteiger partial charge in [-0.2, -0.15) is 5.10 Å². The van der Waals surface area contributed by atoms with Gasteiger partial charge in [-0.1, -0.05) is 0 Å². The van der Waals surface area contributed by atoms with Crippen LogP contribution in [-0.2, 0) is 6.54 Å². The molecule has 1 heterocycles. The molecule has 1 aromatic carbocycles. The van der Waals surface area contributed by atoms with Crippen molar-refractivity contribution in [2.75, 3.05) is 6.61 Å². The maximum atomic E-state index is 10.6. The Bertz CT molecular complexity index is 552. The largest absolute Gasteiger partial charge is 0.394 e. The number of hydrogen-bond donors (Lipinski definition) is 1. The minimum atomic E-state index is -0.451. The van der Waals surface area contributed by atoms with Gasteiger partial charge in [-0.25, -0.2) is 0 Å². The van der Waals surface area contributed by atoms with E-state index in [4.69, 9.17) is 5.11 Å². The van der Waals surface area contributed by atoms with E-state index in [0.717, 1.165) is 0 Å². The first kappa shape index (κ1) is 11.0. The van der Waals surface area contributed by atoms with Gasteiger partial charge in [-0.05, 0) is 15.9 Å². The molecule has 1 N–H and O–H groups in total. The number of fused-ring (bicyclic) bond motifs is 1. The van der Waals surface area contributed by atoms with E-state index in [2.05, 4.69) is 21.0 Å². The first-order chi connectivity index (χ1) is 7.61. The standard InChI is InChI=1S/C9H8BrN3O3/c10-8-4-7(13(15)16)3-6-5-12(1-2-14)11-9(6)8/h3-5,14H,1-2H2. The molecule has 0 unspecified atom stereocenters. The third kappa shape index (κ3) is 1.91. The number of nitrogens with zero attached hydrogens (tertiary/aromatic N) is 3. The predicted octanol–water partition coefficient (Wildman–Crippen LogP) is 1.70. The Morgan fingerprint density at radius 1 is 1.56 bits per heavy atom. The maximum absolute atomic E-state index is 10.6. The Kier molecular flexibility index (Phi) is 2.88. The summed E-state index contributed by atoms with van der Waals surface area (Å²) >= 11 is 3.24. The van der Waals surface area contributed by atoms with Crippen LogP contribution in [0.3, 0.4) is 0 Å². The van der Waals surface area contributed by atoms with Crippen molar-refractivity contribution in [3.8, 4) is 0 Å². The Morgan fingerprint density at radius 2 is 2.31 bits per heavy atom. The van der Waals surface area contributed by atoms with Crippen LogP contribution < -0.4 is 0 Å². The molecule has 2 aromatic rings. The zero-order chi connectivity index (χ0) is 11.7. The van der Waals surface area contributed by atoms with Crippen LogP contribution in [0.25, 0.3) is 10.9 Å². The van der Waals surface area contributed by atoms with Crippen molar-refractivity contribution < 1.29 is 10.0 Å². The third-order valence-corrected chi connectivity index (χ3v) is 2.74. The molecule has 84 valence electrons. The molecule has 0 fully saturated rings. The number of benzene rings is 1. The molecule has 7 heteroatoms. The lowest BCUT2D eigenvalue weighted by atomic mass is 10.2. The van der Waals surface area contributed by atoms with Gasteiger partial charge in [0, 0.05) is 23.7 Å². The number of rotatable bonds is 3. The monoisotopic (exact) mass is 285 g/mol. The zero-order valence-electron chi connectivity index (χ0n) is 8.13. The van der Waals surface area contributed by atoms with Gasteiger partial charge in [0.25, 0.3) is 5.69 Å². The highest BCUT2D eigenvalue weighted by Crippen LogP contribution is 2.28. The quantitative estimate of drug-likeness (QED) is 0.687. The highest BCUT2D eigenvalue weighted by atomic mass is 79.9. The van der Waals surface area contributed by atoms with Gasteiger partial charge in [-0.3, -0.25) is 14.8 Å². The molecule has 2 rings (SSSR count). The molecule has 0 aliphatic carbocycles. The molecule has 0 radical (unpaired) electrons. The Hall–Kier alpha value is -1.47. The summed E-state index contributed by atoms with van der Waals surface area (Å²) in [5.74, 6) is 0. The van der Waals surface area contributed by atoms with E-state index in [1.807, 2.05) is 0 Å². The molecule has 0 bridgehead atoms. The first-order valence-corrected chi connectivity index (χ1v) is 5.33. The molecule has 0 aliphatic rings. The van der Waals surface area contributed by atoms with Crippen LogP contribution in [0.2, 0.25) is 0 Å². The summed E-state index contributed by atoms with van der Waals surface area (Å²) in [5.41, 5.74) is 0.668. The van der Waals surface area contributed by atoms with Crippen LogP contribution in [0.4, 0.5) is 5.69 Å². The second-order valence-corrected chi connectivity index (χ2v) is 4.09. The summed E-state index contributed by atoms with van der Waals surface area (Å²) in [4.78, 5) is 10.2. The van der Waals surface area contributed by atoms with Gasteiger partial charge in [-0.15, -0.1) is 0 Å². The Morgan fingerprint density at radius 3 is 2.94 bits per heavy atom. The molecule has 0 aliphatic heterocycles. The number of non-ortho nitro benzene ring substituents is 1. The zero-order valence-corrected chi connectivity index (χ0v) is 9.72. The summed E-state index contributed by atoms with van der Waals surface area (Å²) in [6, 6.07) is 2.87. The molecule has 0 saturated carbocycles. The minimum Gasteiger partial charge on any atom is -0.394 e. The van der Waals surface area contributed by atoms with Crippen LogP contribution in [0.5, 0.6) is 0 Å². The fourth-order valence-electron chi connectivity index (χ4n) is 1.45. The summed E-state index contributed by atoms with van der Waals surface area (Å²) in [6.07, 6.45) is 1.67. The molecule has 0 spiro atoms. The van der Waals surface area contributed by atoms with Gasteiger partial charge in [0.05, 0.1) is 22.5 Å². The van der Waals surface area contributed by atoms with E-state index in [9.17, 15) is 10.1 Å². The molecule has 0 saturated heterocycles. The van der Waals surface area contributed by atoms with Crippen molar-refractivity contribution in [2.45, 2.75) is 6.54 Å². The minimum absolute atomic E-state index is 0.0166. The normalized spacial score (nSPS) is 10.9. The highest BCUT2D eigenvalue weighted by molar-refractivity contribution is 9.10. The number of aromatic nitrogens is 2. The second kappa shape index (κ2) is 4.18. The fourth-order valence-corrected chi connectivity index (χ4v) is 1.99. The SMILES string of the molecule is O=[N+]([O-])c1cc(Br)c2nn(CCO)cc2c1. The number of halogens is 1. The Labute approximate surface area is 98.8 Å². The number of aliphatic hydroxyl groups excluding tert-OH is 1. The highest BCUT2D eigenvalue weighted by Gasteiger charge is 2.12. The summed E-state index contributed by atoms with van der Waals surface area (Å²) < 4.78 is 2.13. The van der Waals surface area contributed by atoms with Crippen molar-refractivity contribution in [1.29, 1.82) is 0 Å². The van der Waals surface area contributed by atoms with E-state index in [1.165, 1.54) is 12.1 Å². The predicted molar refractivity (Wildman–Crippen MR) is 61.2 cm³/mol.